The first-order valence-electron chi connectivity index (χ1n) is 11.4. The van der Waals surface area contributed by atoms with Crippen molar-refractivity contribution in [2.24, 2.45) is 0 Å². The second kappa shape index (κ2) is 15.2. The predicted molar refractivity (Wildman–Crippen MR) is 134 cm³/mol. The monoisotopic (exact) mass is 473 g/mol. The minimum atomic E-state index is -1.08. The molecule has 34 heavy (non-hydrogen) atoms. The number of carbonyl (C=O) groups is 2. The van der Waals surface area contributed by atoms with Crippen LogP contribution in [0, 0.1) is 27.7 Å². The van der Waals surface area contributed by atoms with Crippen LogP contribution in [0.4, 0.5) is 0 Å². The lowest BCUT2D eigenvalue weighted by Gasteiger charge is -2.26. The minimum Gasteiger partial charge on any atom is -0.481 e. The topological polar surface area (TPSA) is 96.3 Å². The van der Waals surface area contributed by atoms with Crippen molar-refractivity contribution in [2.45, 2.75) is 46.6 Å². The number of aliphatic carboxylic acids is 2. The normalized spacial score (nSPS) is 10.8. The van der Waals surface area contributed by atoms with Crippen LogP contribution < -0.4 is 0 Å². The molecule has 0 spiro atoms. The molecule has 2 rings (SSSR count). The maximum Gasteiger partial charge on any atom is 0.303 e. The van der Waals surface area contributed by atoms with E-state index in [2.05, 4.69) is 83.1 Å². The molecule has 0 aliphatic heterocycles. The number of carboxylic acids is 2. The van der Waals surface area contributed by atoms with Crippen molar-refractivity contribution >= 4 is 11.9 Å². The molecule has 0 aliphatic rings. The van der Waals surface area contributed by atoms with E-state index < -0.39 is 11.9 Å². The third-order valence-electron chi connectivity index (χ3n) is 5.36. The van der Waals surface area contributed by atoms with Crippen molar-refractivity contribution in [3.63, 3.8) is 0 Å². The zero-order valence-corrected chi connectivity index (χ0v) is 21.3. The summed E-state index contributed by atoms with van der Waals surface area (Å²) in [4.78, 5) is 21.4. The van der Waals surface area contributed by atoms with Crippen LogP contribution in [0.5, 0.6) is 0 Å². The highest BCUT2D eigenvalue weighted by atomic mass is 16.5. The number of benzene rings is 2. The fourth-order valence-electron chi connectivity index (χ4n) is 3.58. The van der Waals surface area contributed by atoms with Gasteiger partial charge < -0.3 is 24.6 Å². The zero-order chi connectivity index (χ0) is 25.7. The molecule has 0 saturated carbocycles. The van der Waals surface area contributed by atoms with Crippen LogP contribution in [0.2, 0.25) is 0 Å². The largest absolute Gasteiger partial charge is 0.481 e. The van der Waals surface area contributed by atoms with E-state index in [1.54, 1.807) is 0 Å². The Morgan fingerprint density at radius 1 is 0.765 bits per heavy atom. The van der Waals surface area contributed by atoms with Crippen LogP contribution in [-0.2, 0) is 19.1 Å². The first-order valence-corrected chi connectivity index (χ1v) is 11.4. The zero-order valence-electron chi connectivity index (χ0n) is 21.3. The standard InChI is InChI=1S/C23H33NO2.C4H6O4/c1-17-9-7-10-18(2)21(17)23(22-19(3)11-8-12-20(22)4)26-16-15-25-14-13-24(5)6;5-3(6)1-2-4(7)8/h7-12,23H,13-16H2,1-6H3;1-2H2,(H,5,6)(H,7,8). The SMILES string of the molecule is Cc1cccc(C)c1C(OCCOCCN(C)C)c1c(C)cccc1C.O=C(O)CCC(=O)O. The molecule has 2 aromatic carbocycles. The van der Waals surface area contributed by atoms with Crippen molar-refractivity contribution in [1.29, 1.82) is 0 Å². The molecule has 7 heteroatoms. The number of rotatable bonds is 12. The fraction of sp³-hybridized carbons (Fsp3) is 0.481. The molecular weight excluding hydrogens is 434 g/mol. The van der Waals surface area contributed by atoms with Crippen LogP contribution in [0.25, 0.3) is 0 Å². The second-order valence-electron chi connectivity index (χ2n) is 8.56. The van der Waals surface area contributed by atoms with E-state index in [0.29, 0.717) is 13.2 Å². The van der Waals surface area contributed by atoms with Gasteiger partial charge >= 0.3 is 11.9 Å². The smallest absolute Gasteiger partial charge is 0.303 e. The summed E-state index contributed by atoms with van der Waals surface area (Å²) in [5, 5.41) is 15.8. The Balaban J connectivity index is 0.000000620. The Bertz CT molecular complexity index is 819. The van der Waals surface area contributed by atoms with Gasteiger partial charge in [-0.25, -0.2) is 0 Å². The molecule has 0 radical (unpaired) electrons. The molecule has 0 unspecified atom stereocenters. The molecule has 0 aliphatic carbocycles. The van der Waals surface area contributed by atoms with E-state index in [-0.39, 0.29) is 18.9 Å². The first-order chi connectivity index (χ1) is 16.0. The summed E-state index contributed by atoms with van der Waals surface area (Å²) in [5.74, 6) is -2.15. The third-order valence-corrected chi connectivity index (χ3v) is 5.36. The molecule has 188 valence electrons. The molecule has 0 amide bonds. The summed E-state index contributed by atoms with van der Waals surface area (Å²) in [6, 6.07) is 12.9. The Kier molecular flexibility index (Phi) is 13.1. The summed E-state index contributed by atoms with van der Waals surface area (Å²) in [5.41, 5.74) is 7.63. The first kappa shape index (κ1) is 29.3. The summed E-state index contributed by atoms with van der Waals surface area (Å²) in [7, 11) is 4.11. The number of ether oxygens (including phenoxy) is 2. The lowest BCUT2D eigenvalue weighted by molar-refractivity contribution is -0.143. The number of nitrogens with zero attached hydrogens (tertiary/aromatic N) is 1. The molecule has 2 N–H and O–H groups in total. The van der Waals surface area contributed by atoms with Crippen LogP contribution in [0.3, 0.4) is 0 Å². The van der Waals surface area contributed by atoms with Crippen molar-refractivity contribution in [3.05, 3.63) is 69.8 Å². The number of carboxylic acid groups (broad SMARTS) is 2. The third kappa shape index (κ3) is 10.5. The lowest BCUT2D eigenvalue weighted by Crippen LogP contribution is -2.20. The summed E-state index contributed by atoms with van der Waals surface area (Å²) >= 11 is 0. The molecule has 0 aromatic heterocycles. The second-order valence-corrected chi connectivity index (χ2v) is 8.56. The number of hydrogen-bond acceptors (Lipinski definition) is 5. The molecule has 0 heterocycles. The Labute approximate surface area is 203 Å². The maximum absolute atomic E-state index is 9.64. The maximum atomic E-state index is 9.64. The summed E-state index contributed by atoms with van der Waals surface area (Å²) in [6.45, 7) is 11.5. The van der Waals surface area contributed by atoms with E-state index in [1.807, 2.05) is 0 Å². The number of aryl methyl sites for hydroxylation is 4. The Morgan fingerprint density at radius 3 is 1.53 bits per heavy atom. The molecular formula is C27H39NO6. The quantitative estimate of drug-likeness (QED) is 0.437. The highest BCUT2D eigenvalue weighted by Gasteiger charge is 2.22. The van der Waals surface area contributed by atoms with E-state index >= 15 is 0 Å². The van der Waals surface area contributed by atoms with Crippen molar-refractivity contribution in [2.75, 3.05) is 40.5 Å². The predicted octanol–water partition coefficient (Wildman–Crippen LogP) is 4.54. The van der Waals surface area contributed by atoms with Gasteiger partial charge in [0.1, 0.15) is 6.10 Å². The van der Waals surface area contributed by atoms with Crippen LogP contribution >= 0.6 is 0 Å². The van der Waals surface area contributed by atoms with Gasteiger partial charge in [-0.1, -0.05) is 36.4 Å². The molecule has 0 fully saturated rings. The van der Waals surface area contributed by atoms with Gasteiger partial charge in [-0.2, -0.15) is 0 Å². The summed E-state index contributed by atoms with van der Waals surface area (Å²) < 4.78 is 12.1. The average Bonchev–Trinajstić information content (AvgIpc) is 2.74. The van der Waals surface area contributed by atoms with Gasteiger partial charge in [0, 0.05) is 6.54 Å². The van der Waals surface area contributed by atoms with Gasteiger partial charge in [0.25, 0.3) is 0 Å². The van der Waals surface area contributed by atoms with Gasteiger partial charge in [0.2, 0.25) is 0 Å². The Morgan fingerprint density at radius 2 is 1.18 bits per heavy atom. The average molecular weight is 474 g/mol. The highest BCUT2D eigenvalue weighted by molar-refractivity contribution is 5.75. The number of hydrogen-bond donors (Lipinski definition) is 2. The van der Waals surface area contributed by atoms with Crippen LogP contribution in [0.15, 0.2) is 36.4 Å². The molecule has 7 nitrogen and oxygen atoms in total. The van der Waals surface area contributed by atoms with Crippen LogP contribution in [-0.4, -0.2) is 67.5 Å². The van der Waals surface area contributed by atoms with E-state index in [4.69, 9.17) is 19.7 Å². The summed E-state index contributed by atoms with van der Waals surface area (Å²) in [6.07, 6.45) is -0.653. The fourth-order valence-corrected chi connectivity index (χ4v) is 3.58. The van der Waals surface area contributed by atoms with Gasteiger partial charge in [-0.15, -0.1) is 0 Å². The number of likely N-dealkylation sites (N-methyl/N-ethyl adjacent to an activating group) is 1. The van der Waals surface area contributed by atoms with E-state index in [9.17, 15) is 9.59 Å². The van der Waals surface area contributed by atoms with Gasteiger partial charge in [0.05, 0.1) is 32.7 Å². The molecule has 0 saturated heterocycles. The van der Waals surface area contributed by atoms with Crippen molar-refractivity contribution in [3.8, 4) is 0 Å². The molecule has 2 aromatic rings. The van der Waals surface area contributed by atoms with Crippen LogP contribution in [0.1, 0.15) is 52.3 Å². The Hall–Kier alpha value is -2.74. The van der Waals surface area contributed by atoms with Gasteiger partial charge in [0.15, 0.2) is 0 Å². The van der Waals surface area contributed by atoms with Gasteiger partial charge in [-0.05, 0) is 75.2 Å². The van der Waals surface area contributed by atoms with E-state index in [1.165, 1.54) is 33.4 Å². The van der Waals surface area contributed by atoms with Crippen molar-refractivity contribution in [1.82, 2.24) is 4.90 Å². The minimum absolute atomic E-state index is 0.0603. The highest BCUT2D eigenvalue weighted by Crippen LogP contribution is 2.34. The van der Waals surface area contributed by atoms with Crippen molar-refractivity contribution < 1.29 is 29.3 Å². The lowest BCUT2D eigenvalue weighted by atomic mass is 9.89. The molecule has 0 bridgehead atoms. The van der Waals surface area contributed by atoms with Gasteiger partial charge in [-0.3, -0.25) is 9.59 Å². The molecule has 0 atom stereocenters. The van der Waals surface area contributed by atoms with E-state index in [0.717, 1.165) is 13.2 Å².